The molecular formula is C21H44N2O3S4. The van der Waals surface area contributed by atoms with E-state index in [9.17, 15) is 4.79 Å². The Bertz CT molecular complexity index is 382. The third kappa shape index (κ3) is 23.4. The molecule has 0 aromatic heterocycles. The Morgan fingerprint density at radius 1 is 0.700 bits per heavy atom. The zero-order valence-electron chi connectivity index (χ0n) is 19.6. The van der Waals surface area contributed by atoms with Crippen LogP contribution in [0.3, 0.4) is 0 Å². The summed E-state index contributed by atoms with van der Waals surface area (Å²) in [5, 5.41) is 0. The fourth-order valence-electron chi connectivity index (χ4n) is 2.41. The van der Waals surface area contributed by atoms with Crippen LogP contribution in [0.1, 0.15) is 46.0 Å². The second-order valence-corrected chi connectivity index (χ2v) is 12.6. The summed E-state index contributed by atoms with van der Waals surface area (Å²) in [7, 11) is 11.7. The SMILES string of the molecule is CCCSSCCOCCCN(C)CCCN(C)CCC(=O)OCCSSCCC. The number of carbonyl (C=O) groups excluding carboxylic acids is 1. The molecule has 0 N–H and O–H groups in total. The van der Waals surface area contributed by atoms with Crippen LogP contribution < -0.4 is 0 Å². The lowest BCUT2D eigenvalue weighted by atomic mass is 10.3. The quantitative estimate of drug-likeness (QED) is 0.107. The third-order valence-corrected chi connectivity index (χ3v) is 9.24. The van der Waals surface area contributed by atoms with E-state index >= 15 is 0 Å². The van der Waals surface area contributed by atoms with E-state index in [-0.39, 0.29) is 5.97 Å². The number of hydrogen-bond acceptors (Lipinski definition) is 9. The molecule has 0 aliphatic carbocycles. The molecule has 0 amide bonds. The molecule has 0 aromatic carbocycles. The molecule has 0 heterocycles. The van der Waals surface area contributed by atoms with Gasteiger partial charge in [0.05, 0.1) is 13.0 Å². The maximum absolute atomic E-state index is 11.8. The zero-order chi connectivity index (χ0) is 22.3. The normalized spacial score (nSPS) is 11.5. The Morgan fingerprint density at radius 2 is 1.23 bits per heavy atom. The predicted octanol–water partition coefficient (Wildman–Crippen LogP) is 5.16. The first kappa shape index (κ1) is 30.8. The first-order valence-corrected chi connectivity index (χ1v) is 16.2. The van der Waals surface area contributed by atoms with Crippen molar-refractivity contribution in [3.05, 3.63) is 0 Å². The van der Waals surface area contributed by atoms with E-state index in [1.54, 1.807) is 10.8 Å². The third-order valence-electron chi connectivity index (χ3n) is 4.09. The van der Waals surface area contributed by atoms with E-state index in [1.807, 2.05) is 32.4 Å². The van der Waals surface area contributed by atoms with Crippen LogP contribution in [0.4, 0.5) is 0 Å². The number of rotatable bonds is 23. The molecule has 0 fully saturated rings. The number of nitrogens with zero attached hydrogens (tertiary/aromatic N) is 2. The molecule has 0 aromatic rings. The van der Waals surface area contributed by atoms with Crippen LogP contribution in [-0.2, 0) is 14.3 Å². The highest BCUT2D eigenvalue weighted by atomic mass is 33.1. The van der Waals surface area contributed by atoms with Crippen molar-refractivity contribution in [2.75, 3.05) is 83.1 Å². The van der Waals surface area contributed by atoms with Crippen molar-refractivity contribution in [2.45, 2.75) is 46.0 Å². The molecule has 0 aliphatic heterocycles. The lowest BCUT2D eigenvalue weighted by Gasteiger charge is -2.20. The summed E-state index contributed by atoms with van der Waals surface area (Å²) >= 11 is 0. The highest BCUT2D eigenvalue weighted by Crippen LogP contribution is 2.21. The molecule has 0 aliphatic rings. The summed E-state index contributed by atoms with van der Waals surface area (Å²) in [6.07, 6.45) is 5.10. The van der Waals surface area contributed by atoms with E-state index in [2.05, 4.69) is 37.7 Å². The molecular weight excluding hydrogens is 457 g/mol. The lowest BCUT2D eigenvalue weighted by molar-refractivity contribution is -0.143. The van der Waals surface area contributed by atoms with Crippen LogP contribution in [0.2, 0.25) is 0 Å². The van der Waals surface area contributed by atoms with Gasteiger partial charge in [-0.05, 0) is 52.9 Å². The van der Waals surface area contributed by atoms with Crippen molar-refractivity contribution >= 4 is 49.1 Å². The van der Waals surface area contributed by atoms with Gasteiger partial charge in [0.15, 0.2) is 0 Å². The summed E-state index contributed by atoms with van der Waals surface area (Å²) in [5.74, 6) is 4.26. The minimum absolute atomic E-state index is 0.0811. The Kier molecular flexibility index (Phi) is 25.0. The molecule has 0 unspecified atom stereocenters. The topological polar surface area (TPSA) is 42.0 Å². The van der Waals surface area contributed by atoms with Gasteiger partial charge >= 0.3 is 5.97 Å². The van der Waals surface area contributed by atoms with Crippen molar-refractivity contribution in [1.82, 2.24) is 9.80 Å². The van der Waals surface area contributed by atoms with Crippen LogP contribution in [0.15, 0.2) is 0 Å². The van der Waals surface area contributed by atoms with Gasteiger partial charge in [-0.15, -0.1) is 0 Å². The summed E-state index contributed by atoms with van der Waals surface area (Å²) < 4.78 is 11.0. The molecule has 5 nitrogen and oxygen atoms in total. The summed E-state index contributed by atoms with van der Waals surface area (Å²) in [6.45, 7) is 10.5. The van der Waals surface area contributed by atoms with Crippen LogP contribution >= 0.6 is 43.2 Å². The minimum atomic E-state index is -0.0811. The van der Waals surface area contributed by atoms with Crippen molar-refractivity contribution in [1.29, 1.82) is 0 Å². The van der Waals surface area contributed by atoms with E-state index in [0.717, 1.165) is 69.5 Å². The van der Waals surface area contributed by atoms with Gasteiger partial charge in [-0.25, -0.2) is 0 Å². The standard InChI is InChI=1S/C21H44N2O3S4/c1-5-17-27-29-19-15-25-14-8-12-22(3)10-7-11-23(4)13-9-21(24)26-16-20-30-28-18-6-2/h5-20H2,1-4H3. The predicted molar refractivity (Wildman–Crippen MR) is 141 cm³/mol. The molecule has 0 spiro atoms. The largest absolute Gasteiger partial charge is 0.465 e. The Labute approximate surface area is 201 Å². The van der Waals surface area contributed by atoms with Gasteiger partial charge in [-0.1, -0.05) is 57.0 Å². The van der Waals surface area contributed by atoms with E-state index in [4.69, 9.17) is 9.47 Å². The number of carbonyl (C=O) groups is 1. The maximum Gasteiger partial charge on any atom is 0.307 e. The average molecular weight is 501 g/mol. The molecule has 0 atom stereocenters. The monoisotopic (exact) mass is 500 g/mol. The average Bonchev–Trinajstić information content (AvgIpc) is 2.73. The van der Waals surface area contributed by atoms with Crippen molar-refractivity contribution in [3.63, 3.8) is 0 Å². The van der Waals surface area contributed by atoms with Gasteiger partial charge in [0.2, 0.25) is 0 Å². The molecule has 180 valence electrons. The second-order valence-electron chi connectivity index (χ2n) is 7.18. The molecule has 0 rings (SSSR count). The molecule has 9 heteroatoms. The van der Waals surface area contributed by atoms with Crippen LogP contribution in [0, 0.1) is 0 Å². The zero-order valence-corrected chi connectivity index (χ0v) is 22.8. The summed E-state index contributed by atoms with van der Waals surface area (Å²) in [4.78, 5) is 16.4. The molecule has 30 heavy (non-hydrogen) atoms. The van der Waals surface area contributed by atoms with Crippen LogP contribution in [0.25, 0.3) is 0 Å². The van der Waals surface area contributed by atoms with Gasteiger partial charge in [0.25, 0.3) is 0 Å². The first-order chi connectivity index (χ1) is 14.6. The Morgan fingerprint density at radius 3 is 1.87 bits per heavy atom. The number of esters is 1. The van der Waals surface area contributed by atoms with Crippen LogP contribution in [0.5, 0.6) is 0 Å². The minimum Gasteiger partial charge on any atom is -0.465 e. The Hall–Kier alpha value is 0.750. The molecule has 0 radical (unpaired) electrons. The second kappa shape index (κ2) is 24.4. The lowest BCUT2D eigenvalue weighted by Crippen LogP contribution is -2.28. The molecule has 0 saturated carbocycles. The van der Waals surface area contributed by atoms with Crippen molar-refractivity contribution in [2.24, 2.45) is 0 Å². The molecule has 0 saturated heterocycles. The van der Waals surface area contributed by atoms with E-state index in [1.165, 1.54) is 18.6 Å². The highest BCUT2D eigenvalue weighted by molar-refractivity contribution is 8.77. The smallest absolute Gasteiger partial charge is 0.307 e. The summed E-state index contributed by atoms with van der Waals surface area (Å²) in [6, 6.07) is 0. The summed E-state index contributed by atoms with van der Waals surface area (Å²) in [5.41, 5.74) is 0. The fraction of sp³-hybridized carbons (Fsp3) is 0.952. The van der Waals surface area contributed by atoms with Gasteiger partial charge in [0, 0.05) is 42.7 Å². The Balaban J connectivity index is 3.43. The first-order valence-electron chi connectivity index (χ1n) is 11.2. The fourth-order valence-corrected chi connectivity index (χ4v) is 6.38. The van der Waals surface area contributed by atoms with Gasteiger partial charge in [-0.3, -0.25) is 4.79 Å². The van der Waals surface area contributed by atoms with E-state index in [0.29, 0.717) is 13.0 Å². The van der Waals surface area contributed by atoms with Gasteiger partial charge < -0.3 is 19.3 Å². The van der Waals surface area contributed by atoms with Gasteiger partial charge in [0.1, 0.15) is 6.61 Å². The highest BCUT2D eigenvalue weighted by Gasteiger charge is 2.07. The maximum atomic E-state index is 11.8. The number of ether oxygens (including phenoxy) is 2. The molecule has 0 bridgehead atoms. The van der Waals surface area contributed by atoms with Crippen LogP contribution in [-0.4, -0.2) is 98.9 Å². The van der Waals surface area contributed by atoms with Crippen molar-refractivity contribution < 1.29 is 14.3 Å². The van der Waals surface area contributed by atoms with E-state index < -0.39 is 0 Å². The van der Waals surface area contributed by atoms with Gasteiger partial charge in [-0.2, -0.15) is 0 Å². The van der Waals surface area contributed by atoms with Crippen molar-refractivity contribution in [3.8, 4) is 0 Å². The number of hydrogen-bond donors (Lipinski definition) is 0.